The Morgan fingerprint density at radius 2 is 1.87 bits per heavy atom. The van der Waals surface area contributed by atoms with Gasteiger partial charge in [-0.05, 0) is 52.5 Å². The maximum absolute atomic E-state index is 12.7. The van der Waals surface area contributed by atoms with Crippen LogP contribution in [-0.2, 0) is 14.6 Å². The molecule has 168 valence electrons. The van der Waals surface area contributed by atoms with Gasteiger partial charge >= 0.3 is 6.09 Å². The monoisotopic (exact) mass is 466 g/mol. The van der Waals surface area contributed by atoms with Crippen LogP contribution >= 0.6 is 11.6 Å². The van der Waals surface area contributed by atoms with Crippen LogP contribution < -0.4 is 5.32 Å². The Kier molecular flexibility index (Phi) is 5.54. The highest BCUT2D eigenvalue weighted by Gasteiger charge is 2.45. The van der Waals surface area contributed by atoms with E-state index in [4.69, 9.17) is 16.3 Å². The second-order valence-electron chi connectivity index (χ2n) is 9.39. The quantitative estimate of drug-likeness (QED) is 0.681. The van der Waals surface area contributed by atoms with E-state index in [-0.39, 0.29) is 34.3 Å². The Hall–Kier alpha value is -2.13. The number of hydrogen-bond donors (Lipinski definition) is 1. The molecule has 2 aliphatic heterocycles. The van der Waals surface area contributed by atoms with Crippen molar-refractivity contribution in [2.45, 2.75) is 75.1 Å². The van der Waals surface area contributed by atoms with Crippen molar-refractivity contribution in [2.24, 2.45) is 0 Å². The molecule has 0 radical (unpaired) electrons. The van der Waals surface area contributed by atoms with Crippen LogP contribution in [0.1, 0.15) is 46.5 Å². The number of nitrogens with one attached hydrogen (secondary N) is 1. The van der Waals surface area contributed by atoms with Gasteiger partial charge in [-0.1, -0.05) is 11.6 Å². The van der Waals surface area contributed by atoms with Gasteiger partial charge in [0, 0.05) is 42.0 Å². The summed E-state index contributed by atoms with van der Waals surface area (Å²) in [5.41, 5.74) is 0.0450. The molecule has 2 aromatic rings. The Labute approximate surface area is 187 Å². The third kappa shape index (κ3) is 4.72. The van der Waals surface area contributed by atoms with E-state index in [1.165, 1.54) is 6.20 Å². The van der Waals surface area contributed by atoms with Gasteiger partial charge in [0.05, 0.1) is 10.4 Å². The highest BCUT2D eigenvalue weighted by Crippen LogP contribution is 2.38. The summed E-state index contributed by atoms with van der Waals surface area (Å²) in [5.74, 6) is 0.510. The van der Waals surface area contributed by atoms with Gasteiger partial charge in [-0.2, -0.15) is 0 Å². The molecular formula is C21H27ClN4O4S. The van der Waals surface area contributed by atoms with Crippen molar-refractivity contribution in [2.75, 3.05) is 11.6 Å². The van der Waals surface area contributed by atoms with E-state index in [2.05, 4.69) is 15.3 Å². The Morgan fingerprint density at radius 1 is 1.23 bits per heavy atom. The molecule has 0 aliphatic carbocycles. The highest BCUT2D eigenvalue weighted by molar-refractivity contribution is 7.90. The van der Waals surface area contributed by atoms with Crippen LogP contribution in [0.3, 0.4) is 0 Å². The molecule has 31 heavy (non-hydrogen) atoms. The Balaban J connectivity index is 1.58. The van der Waals surface area contributed by atoms with Gasteiger partial charge in [0.25, 0.3) is 0 Å². The summed E-state index contributed by atoms with van der Waals surface area (Å²) in [6.45, 7) is 5.61. The smallest absolute Gasteiger partial charge is 0.410 e. The van der Waals surface area contributed by atoms with Crippen LogP contribution in [0, 0.1) is 0 Å². The minimum Gasteiger partial charge on any atom is -0.444 e. The maximum atomic E-state index is 12.7. The molecule has 2 aliphatic rings. The zero-order valence-corrected chi connectivity index (χ0v) is 19.6. The second-order valence-corrected chi connectivity index (χ2v) is 11.8. The number of rotatable bonds is 3. The number of ether oxygens (including phenoxy) is 1. The number of halogens is 1. The number of amides is 1. The van der Waals surface area contributed by atoms with Gasteiger partial charge in [-0.25, -0.2) is 18.2 Å². The van der Waals surface area contributed by atoms with Crippen molar-refractivity contribution < 1.29 is 17.9 Å². The van der Waals surface area contributed by atoms with Crippen molar-refractivity contribution >= 4 is 44.3 Å². The molecule has 1 unspecified atom stereocenters. The summed E-state index contributed by atoms with van der Waals surface area (Å²) in [7, 11) is -3.40. The number of nitrogens with zero attached hydrogens (tertiary/aromatic N) is 3. The van der Waals surface area contributed by atoms with Crippen LogP contribution in [0.15, 0.2) is 23.2 Å². The fourth-order valence-electron chi connectivity index (χ4n) is 4.49. The van der Waals surface area contributed by atoms with Crippen molar-refractivity contribution in [1.29, 1.82) is 0 Å². The topological polar surface area (TPSA) is 101 Å². The highest BCUT2D eigenvalue weighted by atomic mass is 35.5. The molecule has 2 fully saturated rings. The zero-order valence-electron chi connectivity index (χ0n) is 18.1. The maximum Gasteiger partial charge on any atom is 0.410 e. The van der Waals surface area contributed by atoms with Crippen molar-refractivity contribution in [3.63, 3.8) is 0 Å². The molecule has 10 heteroatoms. The minimum absolute atomic E-state index is 0.0762. The molecule has 2 aromatic heterocycles. The molecule has 3 atom stereocenters. The molecule has 0 aromatic carbocycles. The Morgan fingerprint density at radius 3 is 2.45 bits per heavy atom. The zero-order chi connectivity index (χ0) is 22.6. The van der Waals surface area contributed by atoms with Gasteiger partial charge in [-0.3, -0.25) is 4.98 Å². The molecule has 0 spiro atoms. The number of fused-ring (bicyclic) bond motifs is 3. The molecule has 8 nitrogen and oxygen atoms in total. The van der Waals surface area contributed by atoms with Crippen molar-refractivity contribution in [3.8, 4) is 0 Å². The minimum atomic E-state index is -3.40. The average molecular weight is 467 g/mol. The number of sulfone groups is 1. The molecule has 1 N–H and O–H groups in total. The first-order valence-electron chi connectivity index (χ1n) is 10.3. The first kappa shape index (κ1) is 22.1. The average Bonchev–Trinajstić information content (AvgIpc) is 2.90. The van der Waals surface area contributed by atoms with Gasteiger partial charge in [0.2, 0.25) is 0 Å². The summed E-state index contributed by atoms with van der Waals surface area (Å²) in [5, 5.41) is 4.33. The Bertz CT molecular complexity index is 1120. The van der Waals surface area contributed by atoms with E-state index in [9.17, 15) is 13.2 Å². The molecular weight excluding hydrogens is 440 g/mol. The van der Waals surface area contributed by atoms with Gasteiger partial charge < -0.3 is 15.0 Å². The summed E-state index contributed by atoms with van der Waals surface area (Å²) in [4.78, 5) is 23.4. The van der Waals surface area contributed by atoms with Crippen LogP contribution in [0.2, 0.25) is 5.15 Å². The van der Waals surface area contributed by atoms with E-state index in [0.29, 0.717) is 16.7 Å². The molecule has 2 bridgehead atoms. The molecule has 2 saturated heterocycles. The van der Waals surface area contributed by atoms with Crippen molar-refractivity contribution in [3.05, 3.63) is 23.5 Å². The van der Waals surface area contributed by atoms with Crippen LogP contribution in [-0.4, -0.2) is 59.4 Å². The lowest BCUT2D eigenvalue weighted by Crippen LogP contribution is -2.51. The lowest BCUT2D eigenvalue weighted by Gasteiger charge is -2.39. The van der Waals surface area contributed by atoms with Crippen LogP contribution in [0.25, 0.3) is 10.9 Å². The lowest BCUT2D eigenvalue weighted by atomic mass is 9.97. The van der Waals surface area contributed by atoms with Gasteiger partial charge in [0.1, 0.15) is 16.6 Å². The molecule has 4 rings (SSSR count). The van der Waals surface area contributed by atoms with E-state index < -0.39 is 15.4 Å². The van der Waals surface area contributed by atoms with Crippen LogP contribution in [0.4, 0.5) is 10.6 Å². The molecule has 4 heterocycles. The number of carbonyl (C=O) groups is 1. The van der Waals surface area contributed by atoms with Crippen LogP contribution in [0.5, 0.6) is 0 Å². The fraction of sp³-hybridized carbons (Fsp3) is 0.571. The number of anilines is 1. The van der Waals surface area contributed by atoms with Gasteiger partial charge in [-0.15, -0.1) is 0 Å². The number of piperidine rings is 1. The largest absolute Gasteiger partial charge is 0.444 e. The normalized spacial score (nSPS) is 23.8. The summed E-state index contributed by atoms with van der Waals surface area (Å²) in [6.07, 6.45) is 5.60. The number of hydrogen-bond acceptors (Lipinski definition) is 7. The predicted octanol–water partition coefficient (Wildman–Crippen LogP) is 4.03. The third-order valence-corrected chi connectivity index (χ3v) is 7.00. The van der Waals surface area contributed by atoms with E-state index in [1.54, 1.807) is 12.1 Å². The molecule has 1 amide bonds. The standard InChI is InChI=1S/C21H27ClN4O4S/c1-21(2,3)30-20(27)26-13-5-6-14(26)8-12(7-13)24-19-16-9-15(31(4,28)29)11-23-17(16)10-18(22)25-19/h9-14H,5-8H2,1-4H3,(H,24,25)/t12?,13-,14+. The molecule has 0 saturated carbocycles. The first-order chi connectivity index (χ1) is 14.4. The van der Waals surface area contributed by atoms with E-state index >= 15 is 0 Å². The number of carbonyl (C=O) groups excluding carboxylic acids is 1. The summed E-state index contributed by atoms with van der Waals surface area (Å²) < 4.78 is 29.6. The van der Waals surface area contributed by atoms with Gasteiger partial charge in [0.15, 0.2) is 9.84 Å². The van der Waals surface area contributed by atoms with E-state index in [0.717, 1.165) is 31.9 Å². The predicted molar refractivity (Wildman–Crippen MR) is 119 cm³/mol. The second kappa shape index (κ2) is 7.78. The van der Waals surface area contributed by atoms with E-state index in [1.807, 2.05) is 25.7 Å². The summed E-state index contributed by atoms with van der Waals surface area (Å²) in [6, 6.07) is 3.46. The number of pyridine rings is 2. The summed E-state index contributed by atoms with van der Waals surface area (Å²) >= 11 is 6.19. The SMILES string of the molecule is CC(C)(C)OC(=O)N1[C@@H]2CC[C@H]1CC(Nc1nc(Cl)cc3ncc(S(C)(=O)=O)cc13)C2. The third-order valence-electron chi connectivity index (χ3n) is 5.73. The fourth-order valence-corrected chi connectivity index (χ4v) is 5.25. The first-order valence-corrected chi connectivity index (χ1v) is 12.6. The lowest BCUT2D eigenvalue weighted by molar-refractivity contribution is 0.00683. The van der Waals surface area contributed by atoms with Crippen molar-refractivity contribution in [1.82, 2.24) is 14.9 Å². The number of aromatic nitrogens is 2.